The number of halogens is 1. The van der Waals surface area contributed by atoms with Gasteiger partial charge in [-0.1, -0.05) is 12.1 Å². The molecule has 106 valence electrons. The van der Waals surface area contributed by atoms with Gasteiger partial charge in [-0.05, 0) is 29.8 Å². The van der Waals surface area contributed by atoms with Crippen molar-refractivity contribution in [2.75, 3.05) is 12.8 Å². The summed E-state index contributed by atoms with van der Waals surface area (Å²) < 4.78 is 38.6. The topological polar surface area (TPSA) is 76.3 Å². The molecular formula is C13H14FN3O2S. The van der Waals surface area contributed by atoms with Crippen LogP contribution in [-0.4, -0.2) is 24.8 Å². The fraction of sp³-hybridized carbons (Fsp3) is 0.154. The Hall–Kier alpha value is -1.99. The Morgan fingerprint density at radius 3 is 2.40 bits per heavy atom. The number of anilines is 1. The third-order valence-electron chi connectivity index (χ3n) is 2.79. The molecule has 0 amide bonds. The Balaban J connectivity index is 2.21. The first kappa shape index (κ1) is 14.4. The molecule has 7 heteroatoms. The molecular weight excluding hydrogens is 281 g/mol. The molecule has 0 atom stereocenters. The van der Waals surface area contributed by atoms with Gasteiger partial charge in [-0.3, -0.25) is 0 Å². The zero-order chi connectivity index (χ0) is 14.8. The molecule has 0 fully saturated rings. The number of pyridine rings is 1. The summed E-state index contributed by atoms with van der Waals surface area (Å²) in [5.74, 6) is -0.105. The van der Waals surface area contributed by atoms with E-state index in [0.29, 0.717) is 5.56 Å². The van der Waals surface area contributed by atoms with E-state index < -0.39 is 10.0 Å². The highest BCUT2D eigenvalue weighted by Crippen LogP contribution is 2.16. The third kappa shape index (κ3) is 3.12. The molecule has 1 aromatic heterocycles. The lowest BCUT2D eigenvalue weighted by Crippen LogP contribution is -2.26. The zero-order valence-corrected chi connectivity index (χ0v) is 11.6. The number of nitrogen functional groups attached to an aromatic ring is 1. The molecule has 0 aliphatic heterocycles. The quantitative estimate of drug-likeness (QED) is 0.930. The summed E-state index contributed by atoms with van der Waals surface area (Å²) in [6, 6.07) is 8.50. The van der Waals surface area contributed by atoms with Crippen molar-refractivity contribution in [3.8, 4) is 0 Å². The minimum atomic E-state index is -3.64. The molecule has 0 radical (unpaired) electrons. The lowest BCUT2D eigenvalue weighted by atomic mass is 10.2. The summed E-state index contributed by atoms with van der Waals surface area (Å²) >= 11 is 0. The van der Waals surface area contributed by atoms with Gasteiger partial charge in [0, 0.05) is 19.8 Å². The molecule has 2 N–H and O–H groups in total. The maximum Gasteiger partial charge on any atom is 0.244 e. The van der Waals surface area contributed by atoms with E-state index in [1.54, 1.807) is 12.1 Å². The summed E-state index contributed by atoms with van der Waals surface area (Å²) in [5.41, 5.74) is 6.12. The first-order valence-electron chi connectivity index (χ1n) is 5.82. The Morgan fingerprint density at radius 1 is 1.20 bits per heavy atom. The average Bonchev–Trinajstić information content (AvgIpc) is 2.42. The predicted octanol–water partition coefficient (Wildman–Crippen LogP) is 1.62. The molecule has 0 spiro atoms. The van der Waals surface area contributed by atoms with Crippen LogP contribution in [0.3, 0.4) is 0 Å². The maximum atomic E-state index is 12.8. The number of nitrogens with zero attached hydrogens (tertiary/aromatic N) is 2. The van der Waals surface area contributed by atoms with Crippen LogP contribution in [0, 0.1) is 5.82 Å². The summed E-state index contributed by atoms with van der Waals surface area (Å²) in [6.45, 7) is 0.146. The third-order valence-corrected chi connectivity index (χ3v) is 4.57. The van der Waals surface area contributed by atoms with E-state index in [1.807, 2.05) is 0 Å². The van der Waals surface area contributed by atoms with Crippen molar-refractivity contribution in [2.45, 2.75) is 11.4 Å². The molecule has 1 heterocycles. The van der Waals surface area contributed by atoms with Crippen LogP contribution < -0.4 is 5.73 Å². The Kier molecular flexibility index (Phi) is 4.01. The Labute approximate surface area is 116 Å². The van der Waals surface area contributed by atoms with Crippen LogP contribution in [0.4, 0.5) is 10.2 Å². The van der Waals surface area contributed by atoms with Gasteiger partial charge in [-0.15, -0.1) is 0 Å². The van der Waals surface area contributed by atoms with E-state index in [9.17, 15) is 12.8 Å². The standard InChI is InChI=1S/C13H14FN3O2S/c1-17(9-10-2-4-11(14)5-3-10)20(18,19)12-6-7-13(15)16-8-12/h2-8H,9H2,1H3,(H2,15,16). The van der Waals surface area contributed by atoms with Crippen LogP contribution in [0.5, 0.6) is 0 Å². The monoisotopic (exact) mass is 295 g/mol. The molecule has 20 heavy (non-hydrogen) atoms. The summed E-state index contributed by atoms with van der Waals surface area (Å²) in [6.07, 6.45) is 1.21. The first-order chi connectivity index (χ1) is 9.39. The van der Waals surface area contributed by atoms with Crippen molar-refractivity contribution in [3.63, 3.8) is 0 Å². The molecule has 0 unspecified atom stereocenters. The summed E-state index contributed by atoms with van der Waals surface area (Å²) in [7, 11) is -2.19. The summed E-state index contributed by atoms with van der Waals surface area (Å²) in [5, 5.41) is 0. The molecule has 0 bridgehead atoms. The number of rotatable bonds is 4. The Bertz CT molecular complexity index is 685. The van der Waals surface area contributed by atoms with Gasteiger partial charge in [-0.2, -0.15) is 4.31 Å². The van der Waals surface area contributed by atoms with Crippen molar-refractivity contribution < 1.29 is 12.8 Å². The van der Waals surface area contributed by atoms with E-state index in [4.69, 9.17) is 5.73 Å². The smallest absolute Gasteiger partial charge is 0.244 e. The minimum Gasteiger partial charge on any atom is -0.384 e. The van der Waals surface area contributed by atoms with Crippen LogP contribution >= 0.6 is 0 Å². The number of aromatic nitrogens is 1. The number of sulfonamides is 1. The molecule has 0 aliphatic carbocycles. The number of hydrogen-bond donors (Lipinski definition) is 1. The molecule has 2 rings (SSSR count). The predicted molar refractivity (Wildman–Crippen MR) is 73.7 cm³/mol. The zero-order valence-electron chi connectivity index (χ0n) is 10.8. The second-order valence-electron chi connectivity index (χ2n) is 4.31. The van der Waals surface area contributed by atoms with Crippen molar-refractivity contribution in [1.82, 2.24) is 9.29 Å². The van der Waals surface area contributed by atoms with E-state index in [0.717, 1.165) is 0 Å². The first-order valence-corrected chi connectivity index (χ1v) is 7.26. The van der Waals surface area contributed by atoms with Crippen molar-refractivity contribution in [3.05, 3.63) is 54.0 Å². The maximum absolute atomic E-state index is 12.8. The highest BCUT2D eigenvalue weighted by atomic mass is 32.2. The van der Waals surface area contributed by atoms with Crippen LogP contribution in [0.2, 0.25) is 0 Å². The molecule has 5 nitrogen and oxygen atoms in total. The van der Waals surface area contributed by atoms with Gasteiger partial charge in [0.25, 0.3) is 0 Å². The lowest BCUT2D eigenvalue weighted by Gasteiger charge is -2.17. The van der Waals surface area contributed by atoms with Crippen LogP contribution in [0.15, 0.2) is 47.5 Å². The summed E-state index contributed by atoms with van der Waals surface area (Å²) in [4.78, 5) is 3.83. The van der Waals surface area contributed by atoms with Gasteiger partial charge in [0.05, 0.1) is 0 Å². The van der Waals surface area contributed by atoms with Gasteiger partial charge in [0.2, 0.25) is 10.0 Å². The van der Waals surface area contributed by atoms with Crippen LogP contribution in [0.1, 0.15) is 5.56 Å². The van der Waals surface area contributed by atoms with Crippen molar-refractivity contribution >= 4 is 15.8 Å². The average molecular weight is 295 g/mol. The molecule has 0 saturated heterocycles. The SMILES string of the molecule is CN(Cc1ccc(F)cc1)S(=O)(=O)c1ccc(N)nc1. The van der Waals surface area contributed by atoms with Gasteiger partial charge < -0.3 is 5.73 Å². The van der Waals surface area contributed by atoms with E-state index in [1.165, 1.54) is 41.8 Å². The van der Waals surface area contributed by atoms with Gasteiger partial charge >= 0.3 is 0 Å². The fourth-order valence-electron chi connectivity index (χ4n) is 1.66. The molecule has 0 saturated carbocycles. The largest absolute Gasteiger partial charge is 0.384 e. The van der Waals surface area contributed by atoms with E-state index in [-0.39, 0.29) is 23.1 Å². The van der Waals surface area contributed by atoms with E-state index in [2.05, 4.69) is 4.98 Å². The minimum absolute atomic E-state index is 0.0660. The van der Waals surface area contributed by atoms with Crippen molar-refractivity contribution in [2.24, 2.45) is 0 Å². The second-order valence-corrected chi connectivity index (χ2v) is 6.35. The number of hydrogen-bond acceptors (Lipinski definition) is 4. The highest BCUT2D eigenvalue weighted by molar-refractivity contribution is 7.89. The Morgan fingerprint density at radius 2 is 1.85 bits per heavy atom. The van der Waals surface area contributed by atoms with Gasteiger partial charge in [0.1, 0.15) is 16.5 Å². The lowest BCUT2D eigenvalue weighted by molar-refractivity contribution is 0.466. The number of nitrogens with two attached hydrogens (primary N) is 1. The van der Waals surface area contributed by atoms with Gasteiger partial charge in [0.15, 0.2) is 0 Å². The molecule has 1 aromatic carbocycles. The fourth-order valence-corrected chi connectivity index (χ4v) is 2.76. The van der Waals surface area contributed by atoms with Crippen LogP contribution in [0.25, 0.3) is 0 Å². The normalized spacial score (nSPS) is 11.8. The van der Waals surface area contributed by atoms with E-state index >= 15 is 0 Å². The molecule has 2 aromatic rings. The number of benzene rings is 1. The van der Waals surface area contributed by atoms with Crippen LogP contribution in [-0.2, 0) is 16.6 Å². The van der Waals surface area contributed by atoms with Gasteiger partial charge in [-0.25, -0.2) is 17.8 Å². The second kappa shape index (κ2) is 5.56. The molecule has 0 aliphatic rings. The van der Waals surface area contributed by atoms with Crippen molar-refractivity contribution in [1.29, 1.82) is 0 Å². The highest BCUT2D eigenvalue weighted by Gasteiger charge is 2.21.